The van der Waals surface area contributed by atoms with Gasteiger partial charge in [0.1, 0.15) is 5.75 Å². The van der Waals surface area contributed by atoms with Crippen LogP contribution in [0.2, 0.25) is 0 Å². The van der Waals surface area contributed by atoms with Crippen LogP contribution < -0.4 is 4.72 Å². The van der Waals surface area contributed by atoms with Crippen molar-refractivity contribution in [3.63, 3.8) is 0 Å². The molecule has 21 heavy (non-hydrogen) atoms. The molecule has 0 spiro atoms. The minimum atomic E-state index is -3.93. The molecule has 0 bridgehead atoms. The van der Waals surface area contributed by atoms with Crippen molar-refractivity contribution in [1.29, 1.82) is 0 Å². The van der Waals surface area contributed by atoms with Gasteiger partial charge in [-0.25, -0.2) is 9.78 Å². The smallest absolute Gasteiger partial charge is 0.337 e. The fraction of sp³-hybridized carbons (Fsp3) is 0.0769. The van der Waals surface area contributed by atoms with E-state index in [1.54, 1.807) is 6.92 Å². The van der Waals surface area contributed by atoms with Crippen molar-refractivity contribution in [3.8, 4) is 5.75 Å². The number of sulfonamides is 1. The summed E-state index contributed by atoms with van der Waals surface area (Å²) in [6.45, 7) is 1.64. The Morgan fingerprint density at radius 3 is 2.48 bits per heavy atom. The third kappa shape index (κ3) is 3.29. The first-order chi connectivity index (χ1) is 9.79. The van der Waals surface area contributed by atoms with E-state index in [4.69, 9.17) is 5.11 Å². The average molecular weight is 308 g/mol. The summed E-state index contributed by atoms with van der Waals surface area (Å²) >= 11 is 0. The number of phenolic OH excluding ortho intramolecular Hbond substituents is 1. The molecule has 0 unspecified atom stereocenters. The number of carbonyl (C=O) groups is 1. The van der Waals surface area contributed by atoms with Gasteiger partial charge in [0, 0.05) is 6.20 Å². The molecular weight excluding hydrogens is 296 g/mol. The predicted molar refractivity (Wildman–Crippen MR) is 74.8 cm³/mol. The maximum absolute atomic E-state index is 12.1. The van der Waals surface area contributed by atoms with Gasteiger partial charge in [0.15, 0.2) is 5.03 Å². The van der Waals surface area contributed by atoms with E-state index in [-0.39, 0.29) is 16.3 Å². The highest BCUT2D eigenvalue weighted by atomic mass is 32.2. The van der Waals surface area contributed by atoms with Crippen LogP contribution in [-0.2, 0) is 10.0 Å². The van der Waals surface area contributed by atoms with E-state index in [0.29, 0.717) is 11.3 Å². The molecule has 0 radical (unpaired) electrons. The van der Waals surface area contributed by atoms with E-state index in [9.17, 15) is 18.3 Å². The first kappa shape index (κ1) is 14.8. The Bertz CT molecular complexity index is 785. The SMILES string of the molecule is Cc1cc(O)ccc1NS(=O)(=O)c1ccc(C(=O)O)cn1. The van der Waals surface area contributed by atoms with E-state index < -0.39 is 16.0 Å². The van der Waals surface area contributed by atoms with Crippen molar-refractivity contribution in [3.05, 3.63) is 47.7 Å². The number of aromatic carboxylic acids is 1. The third-order valence-electron chi connectivity index (χ3n) is 2.71. The number of anilines is 1. The predicted octanol–water partition coefficient (Wildman–Crippen LogP) is 1.59. The zero-order valence-electron chi connectivity index (χ0n) is 10.9. The standard InChI is InChI=1S/C13H12N2O5S/c1-8-6-10(16)3-4-11(8)15-21(19,20)12-5-2-9(7-14-12)13(17)18/h2-7,15-16H,1H3,(H,17,18). The minimum Gasteiger partial charge on any atom is -0.508 e. The summed E-state index contributed by atoms with van der Waals surface area (Å²) in [5.74, 6) is -1.16. The number of benzene rings is 1. The monoisotopic (exact) mass is 308 g/mol. The van der Waals surface area contributed by atoms with Crippen molar-refractivity contribution in [1.82, 2.24) is 4.98 Å². The Morgan fingerprint density at radius 2 is 1.95 bits per heavy atom. The largest absolute Gasteiger partial charge is 0.508 e. The molecule has 8 heteroatoms. The van der Waals surface area contributed by atoms with Crippen molar-refractivity contribution >= 4 is 21.7 Å². The third-order valence-corrected chi connectivity index (χ3v) is 3.99. The number of aromatic nitrogens is 1. The molecule has 1 aromatic heterocycles. The summed E-state index contributed by atoms with van der Waals surface area (Å²) in [4.78, 5) is 14.3. The molecule has 7 nitrogen and oxygen atoms in total. The molecule has 1 aromatic carbocycles. The number of rotatable bonds is 4. The Morgan fingerprint density at radius 1 is 1.24 bits per heavy atom. The van der Waals surface area contributed by atoms with Gasteiger partial charge in [-0.3, -0.25) is 4.72 Å². The number of phenols is 1. The van der Waals surface area contributed by atoms with Gasteiger partial charge in [0.05, 0.1) is 11.3 Å². The molecule has 3 N–H and O–H groups in total. The van der Waals surface area contributed by atoms with E-state index >= 15 is 0 Å². The number of aromatic hydroxyl groups is 1. The van der Waals surface area contributed by atoms with Gasteiger partial charge >= 0.3 is 5.97 Å². The highest BCUT2D eigenvalue weighted by Gasteiger charge is 2.17. The molecule has 0 atom stereocenters. The van der Waals surface area contributed by atoms with Gasteiger partial charge in [-0.1, -0.05) is 0 Å². The van der Waals surface area contributed by atoms with E-state index in [1.165, 1.54) is 18.2 Å². The summed E-state index contributed by atoms with van der Waals surface area (Å²) in [7, 11) is -3.93. The van der Waals surface area contributed by atoms with Crippen molar-refractivity contribution < 1.29 is 23.4 Å². The van der Waals surface area contributed by atoms with Crippen molar-refractivity contribution in [2.75, 3.05) is 4.72 Å². The van der Waals surface area contributed by atoms with Crippen LogP contribution in [0.3, 0.4) is 0 Å². The van der Waals surface area contributed by atoms with Crippen LogP contribution in [-0.4, -0.2) is 29.6 Å². The topological polar surface area (TPSA) is 117 Å². The molecule has 1 heterocycles. The number of nitrogens with one attached hydrogen (secondary N) is 1. The number of carboxylic acid groups (broad SMARTS) is 1. The second kappa shape index (κ2) is 5.41. The lowest BCUT2D eigenvalue weighted by atomic mass is 10.2. The van der Waals surface area contributed by atoms with Gasteiger partial charge in [0.2, 0.25) is 0 Å². The van der Waals surface area contributed by atoms with Gasteiger partial charge < -0.3 is 10.2 Å². The summed E-state index contributed by atoms with van der Waals surface area (Å²) < 4.78 is 26.6. The molecule has 2 aromatic rings. The zero-order valence-corrected chi connectivity index (χ0v) is 11.8. The van der Waals surface area contributed by atoms with Gasteiger partial charge in [0.25, 0.3) is 10.0 Å². The Balaban J connectivity index is 2.31. The summed E-state index contributed by atoms with van der Waals surface area (Å²) in [5, 5.41) is 17.7. The van der Waals surface area contributed by atoms with E-state index in [1.807, 2.05) is 0 Å². The molecule has 2 rings (SSSR count). The zero-order chi connectivity index (χ0) is 15.6. The second-order valence-corrected chi connectivity index (χ2v) is 5.92. The quantitative estimate of drug-likeness (QED) is 0.739. The van der Waals surface area contributed by atoms with Crippen molar-refractivity contribution in [2.24, 2.45) is 0 Å². The molecule has 0 aliphatic carbocycles. The first-order valence-corrected chi connectivity index (χ1v) is 7.30. The Kier molecular flexibility index (Phi) is 3.81. The summed E-state index contributed by atoms with van der Waals surface area (Å²) in [6.07, 6.45) is 0.973. The van der Waals surface area contributed by atoms with Crippen LogP contribution in [0, 0.1) is 6.92 Å². The molecule has 110 valence electrons. The number of hydrogen-bond donors (Lipinski definition) is 3. The lowest BCUT2D eigenvalue weighted by Gasteiger charge is -2.10. The normalized spacial score (nSPS) is 11.1. The van der Waals surface area contributed by atoms with Crippen LogP contribution >= 0.6 is 0 Å². The number of hydrogen-bond acceptors (Lipinski definition) is 5. The fourth-order valence-corrected chi connectivity index (χ4v) is 2.69. The average Bonchev–Trinajstić information content (AvgIpc) is 2.42. The molecule has 0 saturated carbocycles. The number of pyridine rings is 1. The number of aryl methyl sites for hydroxylation is 1. The lowest BCUT2D eigenvalue weighted by Crippen LogP contribution is -2.15. The lowest BCUT2D eigenvalue weighted by molar-refractivity contribution is 0.0696. The summed E-state index contributed by atoms with van der Waals surface area (Å²) in [5.41, 5.74) is 0.743. The molecule has 0 fully saturated rings. The maximum Gasteiger partial charge on any atom is 0.337 e. The molecule has 0 saturated heterocycles. The molecule has 0 aliphatic rings. The highest BCUT2D eigenvalue weighted by Crippen LogP contribution is 2.22. The fourth-order valence-electron chi connectivity index (χ4n) is 1.63. The van der Waals surface area contributed by atoms with Gasteiger partial charge in [-0.05, 0) is 42.8 Å². The van der Waals surface area contributed by atoms with Crippen LogP contribution in [0.5, 0.6) is 5.75 Å². The Labute approximate surface area is 120 Å². The Hall–Kier alpha value is -2.61. The minimum absolute atomic E-state index is 0.0272. The summed E-state index contributed by atoms with van der Waals surface area (Å²) in [6, 6.07) is 6.47. The van der Waals surface area contributed by atoms with Crippen molar-refractivity contribution in [2.45, 2.75) is 11.9 Å². The second-order valence-electron chi connectivity index (χ2n) is 4.29. The highest BCUT2D eigenvalue weighted by molar-refractivity contribution is 7.92. The molecule has 0 aliphatic heterocycles. The van der Waals surface area contributed by atoms with E-state index in [0.717, 1.165) is 18.3 Å². The molecule has 0 amide bonds. The first-order valence-electron chi connectivity index (χ1n) is 5.81. The van der Waals surface area contributed by atoms with Gasteiger partial charge in [-0.15, -0.1) is 0 Å². The molecular formula is C13H12N2O5S. The van der Waals surface area contributed by atoms with Crippen LogP contribution in [0.25, 0.3) is 0 Å². The van der Waals surface area contributed by atoms with Gasteiger partial charge in [-0.2, -0.15) is 8.42 Å². The van der Waals surface area contributed by atoms with Crippen LogP contribution in [0.15, 0.2) is 41.6 Å². The van der Waals surface area contributed by atoms with E-state index in [2.05, 4.69) is 9.71 Å². The number of carboxylic acids is 1. The van der Waals surface area contributed by atoms with Crippen LogP contribution in [0.1, 0.15) is 15.9 Å². The maximum atomic E-state index is 12.1. The van der Waals surface area contributed by atoms with Crippen LogP contribution in [0.4, 0.5) is 5.69 Å². The number of nitrogens with zero attached hydrogens (tertiary/aromatic N) is 1.